The van der Waals surface area contributed by atoms with E-state index in [1.807, 2.05) is 10.8 Å². The molecule has 0 bridgehead atoms. The fourth-order valence-electron chi connectivity index (χ4n) is 3.49. The number of carbonyl (C=O) groups excluding carboxylic acids is 2. The van der Waals surface area contributed by atoms with Gasteiger partial charge >= 0.3 is 6.03 Å². The summed E-state index contributed by atoms with van der Waals surface area (Å²) in [6, 6.07) is 15.7. The summed E-state index contributed by atoms with van der Waals surface area (Å²) in [6.45, 7) is 0.0807. The molecule has 3 amide bonds. The summed E-state index contributed by atoms with van der Waals surface area (Å²) in [7, 11) is -2.75. The molecule has 1 unspecified atom stereocenters. The van der Waals surface area contributed by atoms with E-state index in [1.165, 1.54) is 11.9 Å². The van der Waals surface area contributed by atoms with Crippen LogP contribution in [-0.2, 0) is 21.2 Å². The third kappa shape index (κ3) is 5.69. The number of rotatable bonds is 7. The van der Waals surface area contributed by atoms with Gasteiger partial charge in [-0.2, -0.15) is 0 Å². The van der Waals surface area contributed by atoms with E-state index in [0.717, 1.165) is 29.8 Å². The molecule has 0 fully saturated rings. The highest BCUT2D eigenvalue weighted by Crippen LogP contribution is 2.35. The number of likely N-dealkylation sites (N-methyl/N-ethyl adjacent to an activating group) is 1. The molecule has 1 heterocycles. The smallest absolute Gasteiger partial charge is 0.329 e. The van der Waals surface area contributed by atoms with Gasteiger partial charge in [-0.15, -0.1) is 0 Å². The van der Waals surface area contributed by atoms with Crippen molar-refractivity contribution in [3.63, 3.8) is 0 Å². The van der Waals surface area contributed by atoms with E-state index in [0.29, 0.717) is 17.2 Å². The molecule has 9 nitrogen and oxygen atoms in total. The quantitative estimate of drug-likeness (QED) is 0.517. The minimum absolute atomic E-state index is 0.0807. The summed E-state index contributed by atoms with van der Waals surface area (Å²) in [4.78, 5) is 27.1. The Morgan fingerprint density at radius 1 is 1.00 bits per heavy atom. The van der Waals surface area contributed by atoms with Crippen molar-refractivity contribution in [1.82, 2.24) is 10.0 Å². The number of anilines is 1. The monoisotopic (exact) mass is 499 g/mol. The molecule has 35 heavy (non-hydrogen) atoms. The van der Waals surface area contributed by atoms with Crippen molar-refractivity contribution in [1.29, 1.82) is 0 Å². The summed E-state index contributed by atoms with van der Waals surface area (Å²) in [5.41, 5.74) is 1.25. The number of ether oxygens (including phenoxy) is 2. The van der Waals surface area contributed by atoms with Crippen LogP contribution in [0.25, 0.3) is 0 Å². The topological polar surface area (TPSA) is 114 Å². The lowest BCUT2D eigenvalue weighted by Gasteiger charge is -2.25. The zero-order valence-electron chi connectivity index (χ0n) is 18.6. The SMILES string of the molecule is CN(C(=O)C(Cc1ccccc1)NC(=O)NS(=O)(=O)c1ccc(F)cc1)c1ccc2c(c1)OCO2. The zero-order chi connectivity index (χ0) is 25.0. The molecular weight excluding hydrogens is 477 g/mol. The first-order chi connectivity index (χ1) is 16.7. The van der Waals surface area contributed by atoms with Crippen LogP contribution < -0.4 is 24.4 Å². The second kappa shape index (κ2) is 10.0. The highest BCUT2D eigenvalue weighted by molar-refractivity contribution is 7.90. The number of halogens is 1. The Morgan fingerprint density at radius 3 is 2.40 bits per heavy atom. The Bertz CT molecular complexity index is 1330. The van der Waals surface area contributed by atoms with Crippen molar-refractivity contribution < 1.29 is 31.9 Å². The Morgan fingerprint density at radius 2 is 1.69 bits per heavy atom. The molecular formula is C24H22FN3O6S. The minimum Gasteiger partial charge on any atom is -0.454 e. The number of urea groups is 1. The van der Waals surface area contributed by atoms with Crippen LogP contribution in [0.3, 0.4) is 0 Å². The van der Waals surface area contributed by atoms with Crippen molar-refractivity contribution in [3.8, 4) is 11.5 Å². The van der Waals surface area contributed by atoms with Gasteiger partial charge in [0.05, 0.1) is 4.90 Å². The fourth-order valence-corrected chi connectivity index (χ4v) is 4.40. The van der Waals surface area contributed by atoms with Crippen molar-refractivity contribution in [3.05, 3.63) is 84.2 Å². The van der Waals surface area contributed by atoms with Crippen molar-refractivity contribution in [2.75, 3.05) is 18.7 Å². The van der Waals surface area contributed by atoms with Crippen LogP contribution in [-0.4, -0.2) is 40.2 Å². The van der Waals surface area contributed by atoms with Crippen LogP contribution in [0.5, 0.6) is 11.5 Å². The lowest BCUT2D eigenvalue weighted by Crippen LogP contribution is -2.52. The number of hydrogen-bond donors (Lipinski definition) is 2. The summed E-state index contributed by atoms with van der Waals surface area (Å²) < 4.78 is 50.7. The molecule has 3 aromatic carbocycles. The molecule has 0 aromatic heterocycles. The number of amides is 3. The summed E-state index contributed by atoms with van der Waals surface area (Å²) in [5, 5.41) is 2.46. The lowest BCUT2D eigenvalue weighted by atomic mass is 10.0. The van der Waals surface area contributed by atoms with Crippen LogP contribution >= 0.6 is 0 Å². The summed E-state index contributed by atoms with van der Waals surface area (Å²) in [6.07, 6.45) is 0.110. The van der Waals surface area contributed by atoms with E-state index in [2.05, 4.69) is 5.32 Å². The van der Waals surface area contributed by atoms with Crippen molar-refractivity contribution in [2.24, 2.45) is 0 Å². The highest BCUT2D eigenvalue weighted by atomic mass is 32.2. The largest absolute Gasteiger partial charge is 0.454 e. The first-order valence-electron chi connectivity index (χ1n) is 10.5. The fraction of sp³-hybridized carbons (Fsp3) is 0.167. The van der Waals surface area contributed by atoms with E-state index in [1.54, 1.807) is 42.5 Å². The molecule has 182 valence electrons. The molecule has 0 aliphatic carbocycles. The first-order valence-corrected chi connectivity index (χ1v) is 12.0. The second-order valence-electron chi connectivity index (χ2n) is 7.71. The average Bonchev–Trinajstić information content (AvgIpc) is 3.31. The van der Waals surface area contributed by atoms with Crippen LogP contribution in [0.15, 0.2) is 77.7 Å². The maximum absolute atomic E-state index is 13.4. The predicted octanol–water partition coefficient (Wildman–Crippen LogP) is 2.82. The Hall–Kier alpha value is -4.12. The van der Waals surface area contributed by atoms with E-state index < -0.39 is 33.8 Å². The highest BCUT2D eigenvalue weighted by Gasteiger charge is 2.28. The van der Waals surface area contributed by atoms with Gasteiger partial charge in [-0.1, -0.05) is 30.3 Å². The lowest BCUT2D eigenvalue weighted by molar-refractivity contribution is -0.120. The average molecular weight is 500 g/mol. The first kappa shape index (κ1) is 24.0. The number of carbonyl (C=O) groups is 2. The van der Waals surface area contributed by atoms with E-state index in [-0.39, 0.29) is 18.1 Å². The van der Waals surface area contributed by atoms with Gasteiger partial charge in [0.2, 0.25) is 12.7 Å². The van der Waals surface area contributed by atoms with Crippen molar-refractivity contribution >= 4 is 27.6 Å². The van der Waals surface area contributed by atoms with Gasteiger partial charge in [0, 0.05) is 25.2 Å². The molecule has 1 aliphatic rings. The molecule has 3 aromatic rings. The molecule has 1 aliphatic heterocycles. The van der Waals surface area contributed by atoms with Gasteiger partial charge in [0.1, 0.15) is 11.9 Å². The van der Waals surface area contributed by atoms with Gasteiger partial charge < -0.3 is 19.7 Å². The number of nitrogens with zero attached hydrogens (tertiary/aromatic N) is 1. The Kier molecular flexibility index (Phi) is 6.87. The molecule has 1 atom stereocenters. The molecule has 0 saturated carbocycles. The maximum Gasteiger partial charge on any atom is 0.329 e. The van der Waals surface area contributed by atoms with Gasteiger partial charge in [-0.05, 0) is 42.0 Å². The maximum atomic E-state index is 13.4. The molecule has 4 rings (SSSR count). The van der Waals surface area contributed by atoms with Crippen LogP contribution in [0.1, 0.15) is 5.56 Å². The van der Waals surface area contributed by atoms with Gasteiger partial charge in [-0.25, -0.2) is 22.3 Å². The van der Waals surface area contributed by atoms with Crippen LogP contribution in [0, 0.1) is 5.82 Å². The molecule has 0 spiro atoms. The normalized spacial score (nSPS) is 13.1. The standard InChI is InChI=1S/C24H22FN3O6S/c1-28(18-9-12-21-22(14-18)34-15-33-21)23(29)20(13-16-5-3-2-4-6-16)26-24(30)27-35(31,32)19-10-7-17(25)8-11-19/h2-12,14,20H,13,15H2,1H3,(H2,26,27,30). The molecule has 0 radical (unpaired) electrons. The van der Waals surface area contributed by atoms with E-state index in [4.69, 9.17) is 9.47 Å². The molecule has 2 N–H and O–H groups in total. The van der Waals surface area contributed by atoms with Crippen molar-refractivity contribution in [2.45, 2.75) is 17.4 Å². The third-order valence-corrected chi connectivity index (χ3v) is 6.66. The van der Waals surface area contributed by atoms with E-state index >= 15 is 0 Å². The van der Waals surface area contributed by atoms with Gasteiger partial charge in [0.25, 0.3) is 10.0 Å². The zero-order valence-corrected chi connectivity index (χ0v) is 19.4. The Balaban J connectivity index is 1.53. The van der Waals surface area contributed by atoms with Gasteiger partial charge in [0.15, 0.2) is 11.5 Å². The Labute approximate surface area is 201 Å². The van der Waals surface area contributed by atoms with Crippen LogP contribution in [0.4, 0.5) is 14.9 Å². The summed E-state index contributed by atoms with van der Waals surface area (Å²) in [5.74, 6) is -0.0627. The summed E-state index contributed by atoms with van der Waals surface area (Å²) >= 11 is 0. The van der Waals surface area contributed by atoms with Gasteiger partial charge in [-0.3, -0.25) is 4.79 Å². The number of nitrogens with one attached hydrogen (secondary N) is 2. The van der Waals surface area contributed by atoms with Crippen LogP contribution in [0.2, 0.25) is 0 Å². The molecule has 11 heteroatoms. The third-order valence-electron chi connectivity index (χ3n) is 5.31. The predicted molar refractivity (Wildman–Crippen MR) is 125 cm³/mol. The number of sulfonamides is 1. The number of benzene rings is 3. The number of fused-ring (bicyclic) bond motifs is 1. The number of hydrogen-bond acceptors (Lipinski definition) is 6. The second-order valence-corrected chi connectivity index (χ2v) is 9.39. The molecule has 0 saturated heterocycles. The van der Waals surface area contributed by atoms with E-state index in [9.17, 15) is 22.4 Å². The minimum atomic E-state index is -4.28.